The summed E-state index contributed by atoms with van der Waals surface area (Å²) in [5.74, 6) is 0.764. The summed E-state index contributed by atoms with van der Waals surface area (Å²) < 4.78 is 6.23. The molecular weight excluding hydrogens is 328 g/mol. The largest absolute Gasteiger partial charge is 0.496 e. The van der Waals surface area contributed by atoms with Crippen LogP contribution in [0.5, 0.6) is 5.75 Å². The molecule has 0 atom stereocenters. The number of nitrogens with one attached hydrogen (secondary N) is 1. The predicted molar refractivity (Wildman–Crippen MR) is 83.4 cm³/mol. The van der Waals surface area contributed by atoms with E-state index >= 15 is 0 Å². The maximum atomic E-state index is 5.89. The van der Waals surface area contributed by atoms with Crippen molar-refractivity contribution in [2.45, 2.75) is 0 Å². The maximum Gasteiger partial charge on any atom is 0.127 e. The molecule has 0 aliphatic carbocycles. The molecule has 0 heterocycles. The van der Waals surface area contributed by atoms with Gasteiger partial charge in [-0.1, -0.05) is 33.6 Å². The number of nitrogens with zero attached hydrogens (tertiary/aromatic N) is 1. The van der Waals surface area contributed by atoms with Gasteiger partial charge in [0, 0.05) is 15.1 Å². The van der Waals surface area contributed by atoms with E-state index in [0.717, 1.165) is 21.5 Å². The third-order valence-corrected chi connectivity index (χ3v) is 3.14. The Morgan fingerprint density at radius 3 is 2.84 bits per heavy atom. The third-order valence-electron chi connectivity index (χ3n) is 2.41. The van der Waals surface area contributed by atoms with E-state index in [-0.39, 0.29) is 0 Å². The minimum Gasteiger partial charge on any atom is -0.496 e. The van der Waals surface area contributed by atoms with E-state index in [2.05, 4.69) is 26.5 Å². The van der Waals surface area contributed by atoms with Crippen molar-refractivity contribution >= 4 is 39.4 Å². The lowest BCUT2D eigenvalue weighted by atomic mass is 10.2. The van der Waals surface area contributed by atoms with E-state index in [1.165, 1.54) is 0 Å². The molecule has 0 saturated heterocycles. The number of hydrogen-bond acceptors (Lipinski definition) is 3. The summed E-state index contributed by atoms with van der Waals surface area (Å²) in [7, 11) is 1.63. The molecule has 1 N–H and O–H groups in total. The topological polar surface area (TPSA) is 33.6 Å². The van der Waals surface area contributed by atoms with Gasteiger partial charge in [-0.15, -0.1) is 0 Å². The van der Waals surface area contributed by atoms with Gasteiger partial charge in [0.2, 0.25) is 0 Å². The molecule has 0 aromatic heterocycles. The Balaban J connectivity index is 2.12. The lowest BCUT2D eigenvalue weighted by molar-refractivity contribution is 0.414. The van der Waals surface area contributed by atoms with Gasteiger partial charge in [0.05, 0.1) is 19.0 Å². The second kappa shape index (κ2) is 6.59. The number of hydrazone groups is 1. The Kier molecular flexibility index (Phi) is 4.82. The smallest absolute Gasteiger partial charge is 0.127 e. The molecule has 3 nitrogen and oxygen atoms in total. The van der Waals surface area contributed by atoms with Crippen molar-refractivity contribution in [2.24, 2.45) is 5.10 Å². The first-order chi connectivity index (χ1) is 9.19. The van der Waals surface area contributed by atoms with Gasteiger partial charge in [-0.2, -0.15) is 5.10 Å². The average Bonchev–Trinajstić information content (AvgIpc) is 2.39. The van der Waals surface area contributed by atoms with Crippen LogP contribution in [0.15, 0.2) is 52.0 Å². The van der Waals surface area contributed by atoms with Crippen LogP contribution in [0.1, 0.15) is 5.56 Å². The van der Waals surface area contributed by atoms with Gasteiger partial charge in [0.1, 0.15) is 5.75 Å². The molecule has 19 heavy (non-hydrogen) atoms. The van der Waals surface area contributed by atoms with Gasteiger partial charge in [-0.3, -0.25) is 5.43 Å². The molecule has 0 unspecified atom stereocenters. The highest BCUT2D eigenvalue weighted by Gasteiger charge is 2.00. The highest BCUT2D eigenvalue weighted by atomic mass is 79.9. The van der Waals surface area contributed by atoms with E-state index in [4.69, 9.17) is 16.3 Å². The number of ether oxygens (including phenoxy) is 1. The fraction of sp³-hybridized carbons (Fsp3) is 0.0714. The number of halogens is 2. The van der Waals surface area contributed by atoms with Crippen LogP contribution in [0.25, 0.3) is 0 Å². The van der Waals surface area contributed by atoms with Gasteiger partial charge in [-0.25, -0.2) is 0 Å². The molecular formula is C14H12BrClN2O. The molecule has 98 valence electrons. The van der Waals surface area contributed by atoms with E-state index in [1.807, 2.05) is 36.4 Å². The molecule has 0 bridgehead atoms. The van der Waals surface area contributed by atoms with E-state index in [1.54, 1.807) is 19.4 Å². The monoisotopic (exact) mass is 338 g/mol. The van der Waals surface area contributed by atoms with Crippen LogP contribution in [0.2, 0.25) is 5.02 Å². The van der Waals surface area contributed by atoms with Crippen molar-refractivity contribution in [1.29, 1.82) is 0 Å². The van der Waals surface area contributed by atoms with E-state index < -0.39 is 0 Å². The zero-order valence-electron chi connectivity index (χ0n) is 10.2. The van der Waals surface area contributed by atoms with Crippen LogP contribution in [0.4, 0.5) is 5.69 Å². The normalized spacial score (nSPS) is 10.7. The molecule has 0 fully saturated rings. The van der Waals surface area contributed by atoms with Crippen LogP contribution >= 0.6 is 27.5 Å². The Morgan fingerprint density at radius 2 is 2.11 bits per heavy atom. The molecule has 0 amide bonds. The van der Waals surface area contributed by atoms with Gasteiger partial charge >= 0.3 is 0 Å². The second-order valence-electron chi connectivity index (χ2n) is 3.77. The Labute approximate surface area is 125 Å². The maximum absolute atomic E-state index is 5.89. The number of methoxy groups -OCH3 is 1. The molecule has 0 aliphatic heterocycles. The summed E-state index contributed by atoms with van der Waals surface area (Å²) in [5, 5.41) is 4.84. The quantitative estimate of drug-likeness (QED) is 0.654. The van der Waals surface area contributed by atoms with Crippen LogP contribution in [0, 0.1) is 0 Å². The zero-order valence-corrected chi connectivity index (χ0v) is 12.6. The molecule has 2 rings (SSSR count). The molecule has 0 spiro atoms. The first-order valence-electron chi connectivity index (χ1n) is 5.57. The highest BCUT2D eigenvalue weighted by molar-refractivity contribution is 9.10. The van der Waals surface area contributed by atoms with Gasteiger partial charge < -0.3 is 4.74 Å². The summed E-state index contributed by atoms with van der Waals surface area (Å²) in [4.78, 5) is 0. The van der Waals surface area contributed by atoms with Crippen LogP contribution in [0.3, 0.4) is 0 Å². The van der Waals surface area contributed by atoms with Crippen molar-refractivity contribution < 1.29 is 4.74 Å². The summed E-state index contributed by atoms with van der Waals surface area (Å²) in [6.45, 7) is 0. The molecule has 0 aliphatic rings. The van der Waals surface area contributed by atoms with Crippen molar-refractivity contribution in [3.63, 3.8) is 0 Å². The molecule has 0 saturated carbocycles. The molecule has 2 aromatic carbocycles. The van der Waals surface area contributed by atoms with Crippen LogP contribution in [-0.4, -0.2) is 13.3 Å². The summed E-state index contributed by atoms with van der Waals surface area (Å²) >= 11 is 9.31. The zero-order chi connectivity index (χ0) is 13.7. The first-order valence-corrected chi connectivity index (χ1v) is 6.74. The molecule has 2 aromatic rings. The van der Waals surface area contributed by atoms with Crippen molar-refractivity contribution in [2.75, 3.05) is 12.5 Å². The third kappa shape index (κ3) is 3.98. The second-order valence-corrected chi connectivity index (χ2v) is 5.12. The average molecular weight is 340 g/mol. The van der Waals surface area contributed by atoms with Gasteiger partial charge in [0.15, 0.2) is 0 Å². The van der Waals surface area contributed by atoms with Crippen molar-refractivity contribution in [3.8, 4) is 5.75 Å². The Bertz CT molecular complexity index is 602. The summed E-state index contributed by atoms with van der Waals surface area (Å²) in [6, 6.07) is 13.1. The SMILES string of the molecule is COc1ccc(Br)cc1C=NNc1cccc(Cl)c1. The van der Waals surface area contributed by atoms with Crippen molar-refractivity contribution in [3.05, 3.63) is 57.5 Å². The number of rotatable bonds is 4. The lowest BCUT2D eigenvalue weighted by Gasteiger charge is -2.05. The Hall–Kier alpha value is -1.52. The van der Waals surface area contributed by atoms with E-state index in [9.17, 15) is 0 Å². The summed E-state index contributed by atoms with van der Waals surface area (Å²) in [6.07, 6.45) is 1.70. The minimum atomic E-state index is 0.667. The highest BCUT2D eigenvalue weighted by Crippen LogP contribution is 2.21. The molecule has 0 radical (unpaired) electrons. The fourth-order valence-corrected chi connectivity index (χ4v) is 2.11. The number of hydrogen-bond donors (Lipinski definition) is 1. The van der Waals surface area contributed by atoms with Gasteiger partial charge in [-0.05, 0) is 36.4 Å². The standard InChI is InChI=1S/C14H12BrClN2O/c1-19-14-6-5-11(15)7-10(14)9-17-18-13-4-2-3-12(16)8-13/h2-9,18H,1H3. The minimum absolute atomic E-state index is 0.667. The van der Waals surface area contributed by atoms with Gasteiger partial charge in [0.25, 0.3) is 0 Å². The van der Waals surface area contributed by atoms with E-state index in [0.29, 0.717) is 5.02 Å². The Morgan fingerprint density at radius 1 is 1.26 bits per heavy atom. The number of benzene rings is 2. The van der Waals surface area contributed by atoms with Crippen LogP contribution in [-0.2, 0) is 0 Å². The summed E-state index contributed by atoms with van der Waals surface area (Å²) in [5.41, 5.74) is 4.63. The van der Waals surface area contributed by atoms with Crippen molar-refractivity contribution in [1.82, 2.24) is 0 Å². The predicted octanol–water partition coefficient (Wildman–Crippen LogP) is 4.56. The number of anilines is 1. The van der Waals surface area contributed by atoms with Crippen LogP contribution < -0.4 is 10.2 Å². The first kappa shape index (κ1) is 13.9. The fourth-order valence-electron chi connectivity index (χ4n) is 1.54. The lowest BCUT2D eigenvalue weighted by Crippen LogP contribution is -1.94. The molecule has 5 heteroatoms.